The fourth-order valence-electron chi connectivity index (χ4n) is 2.83. The van der Waals surface area contributed by atoms with Crippen LogP contribution < -0.4 is 5.73 Å². The molecular formula is C17H15N3OS. The van der Waals surface area contributed by atoms with E-state index in [1.807, 2.05) is 30.3 Å². The number of nitriles is 1. The number of amides is 1. The Bertz CT molecular complexity index is 766. The van der Waals surface area contributed by atoms with Crippen molar-refractivity contribution in [2.75, 3.05) is 5.75 Å². The molecule has 0 spiro atoms. The zero-order valence-corrected chi connectivity index (χ0v) is 12.8. The maximum Gasteiger partial charge on any atom is 0.227 e. The summed E-state index contributed by atoms with van der Waals surface area (Å²) in [5.41, 5.74) is 9.99. The molecule has 0 radical (unpaired) electrons. The van der Waals surface area contributed by atoms with E-state index in [0.29, 0.717) is 10.6 Å². The Labute approximate surface area is 133 Å². The molecule has 0 aliphatic heterocycles. The molecule has 1 amide bonds. The number of carbonyl (C=O) groups excluding carboxylic acids is 1. The van der Waals surface area contributed by atoms with E-state index in [1.54, 1.807) is 0 Å². The maximum absolute atomic E-state index is 11.1. The van der Waals surface area contributed by atoms with E-state index in [1.165, 1.54) is 17.3 Å². The lowest BCUT2D eigenvalue weighted by molar-refractivity contribution is -0.115. The van der Waals surface area contributed by atoms with Crippen LogP contribution in [-0.2, 0) is 17.6 Å². The zero-order chi connectivity index (χ0) is 15.5. The number of hydrogen-bond acceptors (Lipinski definition) is 4. The second-order valence-electron chi connectivity index (χ2n) is 5.18. The summed E-state index contributed by atoms with van der Waals surface area (Å²) < 4.78 is 0. The Kier molecular flexibility index (Phi) is 4.12. The molecule has 0 unspecified atom stereocenters. The van der Waals surface area contributed by atoms with Gasteiger partial charge in [-0.25, -0.2) is 4.98 Å². The van der Waals surface area contributed by atoms with Crippen LogP contribution in [0.25, 0.3) is 11.1 Å². The lowest BCUT2D eigenvalue weighted by Gasteiger charge is -2.14. The van der Waals surface area contributed by atoms with Crippen LogP contribution in [0.1, 0.15) is 23.2 Å². The van der Waals surface area contributed by atoms with E-state index in [2.05, 4.69) is 11.1 Å². The highest BCUT2D eigenvalue weighted by Gasteiger charge is 2.24. The molecule has 0 saturated heterocycles. The first kappa shape index (κ1) is 14.6. The molecule has 1 heterocycles. The molecular weight excluding hydrogens is 294 g/mol. The lowest BCUT2D eigenvalue weighted by Crippen LogP contribution is -2.13. The van der Waals surface area contributed by atoms with Crippen molar-refractivity contribution in [1.82, 2.24) is 4.98 Å². The Morgan fingerprint density at radius 2 is 2.09 bits per heavy atom. The maximum atomic E-state index is 11.1. The summed E-state index contributed by atoms with van der Waals surface area (Å²) in [5.74, 6) is -0.272. The van der Waals surface area contributed by atoms with Crippen LogP contribution in [0, 0.1) is 11.3 Å². The highest BCUT2D eigenvalue weighted by atomic mass is 32.2. The number of benzene rings is 1. The minimum atomic E-state index is -0.405. The molecule has 1 aromatic heterocycles. The Hall–Kier alpha value is -2.32. The first-order valence-corrected chi connectivity index (χ1v) is 8.11. The summed E-state index contributed by atoms with van der Waals surface area (Å²) in [6.07, 6.45) is 2.92. The van der Waals surface area contributed by atoms with Gasteiger partial charge in [0.25, 0.3) is 0 Å². The molecule has 1 aromatic carbocycles. The molecule has 22 heavy (non-hydrogen) atoms. The number of thioether (sulfide) groups is 1. The summed E-state index contributed by atoms with van der Waals surface area (Å²) in [6.45, 7) is 0. The van der Waals surface area contributed by atoms with Gasteiger partial charge in [0.1, 0.15) is 11.1 Å². The highest BCUT2D eigenvalue weighted by Crippen LogP contribution is 2.38. The fraction of sp³-hybridized carbons (Fsp3) is 0.235. The quantitative estimate of drug-likeness (QED) is 0.881. The first-order chi connectivity index (χ1) is 10.7. The summed E-state index contributed by atoms with van der Waals surface area (Å²) in [6, 6.07) is 12.2. The number of nitrogens with two attached hydrogens (primary N) is 1. The van der Waals surface area contributed by atoms with Crippen LogP contribution >= 0.6 is 11.8 Å². The van der Waals surface area contributed by atoms with Gasteiger partial charge in [0.15, 0.2) is 0 Å². The Balaban J connectivity index is 2.18. The monoisotopic (exact) mass is 309 g/mol. The smallest absolute Gasteiger partial charge is 0.227 e. The number of rotatable bonds is 4. The Morgan fingerprint density at radius 3 is 2.77 bits per heavy atom. The summed E-state index contributed by atoms with van der Waals surface area (Å²) >= 11 is 1.25. The fourth-order valence-corrected chi connectivity index (χ4v) is 3.57. The molecule has 3 rings (SSSR count). The summed E-state index contributed by atoms with van der Waals surface area (Å²) in [4.78, 5) is 15.7. The van der Waals surface area contributed by atoms with Crippen molar-refractivity contribution < 1.29 is 4.79 Å². The van der Waals surface area contributed by atoms with E-state index >= 15 is 0 Å². The van der Waals surface area contributed by atoms with Gasteiger partial charge in [0, 0.05) is 11.3 Å². The standard InChI is InChI=1S/C17H15N3OS/c18-9-13-16(11-5-2-1-3-6-11)12-7-4-8-14(12)20-17(13)22-10-15(19)21/h1-3,5-6H,4,7-8,10H2,(H2,19,21). The van der Waals surface area contributed by atoms with Gasteiger partial charge < -0.3 is 5.73 Å². The highest BCUT2D eigenvalue weighted by molar-refractivity contribution is 8.00. The molecule has 4 nitrogen and oxygen atoms in total. The number of primary amides is 1. The molecule has 0 saturated carbocycles. The van der Waals surface area contributed by atoms with E-state index < -0.39 is 5.91 Å². The largest absolute Gasteiger partial charge is 0.369 e. The van der Waals surface area contributed by atoms with Crippen molar-refractivity contribution in [3.8, 4) is 17.2 Å². The third-order valence-corrected chi connectivity index (χ3v) is 4.71. The van der Waals surface area contributed by atoms with Crippen molar-refractivity contribution in [2.24, 2.45) is 5.73 Å². The minimum absolute atomic E-state index is 0.134. The predicted octanol–water partition coefficient (Wildman–Crippen LogP) is 2.69. The van der Waals surface area contributed by atoms with Crippen LogP contribution in [0.2, 0.25) is 0 Å². The van der Waals surface area contributed by atoms with Gasteiger partial charge >= 0.3 is 0 Å². The van der Waals surface area contributed by atoms with E-state index in [-0.39, 0.29) is 5.75 Å². The van der Waals surface area contributed by atoms with Crippen LogP contribution in [-0.4, -0.2) is 16.6 Å². The number of carbonyl (C=O) groups is 1. The number of aryl methyl sites for hydroxylation is 1. The number of nitrogens with zero attached hydrogens (tertiary/aromatic N) is 2. The number of pyridine rings is 1. The van der Waals surface area contributed by atoms with Crippen molar-refractivity contribution >= 4 is 17.7 Å². The zero-order valence-electron chi connectivity index (χ0n) is 12.0. The van der Waals surface area contributed by atoms with Crippen molar-refractivity contribution in [1.29, 1.82) is 5.26 Å². The SMILES string of the molecule is N#Cc1c(SCC(N)=O)nc2c(c1-c1ccccc1)CCC2. The van der Waals surface area contributed by atoms with Gasteiger partial charge in [-0.2, -0.15) is 5.26 Å². The number of fused-ring (bicyclic) bond motifs is 1. The third kappa shape index (κ3) is 2.70. The molecule has 0 atom stereocenters. The summed E-state index contributed by atoms with van der Waals surface area (Å²) in [7, 11) is 0. The molecule has 1 aliphatic carbocycles. The lowest BCUT2D eigenvalue weighted by atomic mass is 9.95. The Morgan fingerprint density at radius 1 is 1.32 bits per heavy atom. The topological polar surface area (TPSA) is 79.8 Å². The van der Waals surface area contributed by atoms with Crippen LogP contribution in [0.3, 0.4) is 0 Å². The van der Waals surface area contributed by atoms with Crippen molar-refractivity contribution in [3.63, 3.8) is 0 Å². The van der Waals surface area contributed by atoms with Crippen LogP contribution in [0.4, 0.5) is 0 Å². The predicted molar refractivity (Wildman–Crippen MR) is 86.3 cm³/mol. The van der Waals surface area contributed by atoms with Gasteiger partial charge in [0.05, 0.1) is 11.3 Å². The second-order valence-corrected chi connectivity index (χ2v) is 6.14. The molecule has 2 aromatic rings. The van der Waals surface area contributed by atoms with Gasteiger partial charge in [-0.05, 0) is 30.4 Å². The van der Waals surface area contributed by atoms with Gasteiger partial charge in [-0.15, -0.1) is 0 Å². The minimum Gasteiger partial charge on any atom is -0.369 e. The van der Waals surface area contributed by atoms with Gasteiger partial charge in [-0.3, -0.25) is 4.79 Å². The number of aromatic nitrogens is 1. The molecule has 1 aliphatic rings. The average molecular weight is 309 g/mol. The van der Waals surface area contributed by atoms with Crippen LogP contribution in [0.15, 0.2) is 35.4 Å². The third-order valence-electron chi connectivity index (χ3n) is 3.72. The van der Waals surface area contributed by atoms with E-state index in [9.17, 15) is 10.1 Å². The van der Waals surface area contributed by atoms with Gasteiger partial charge in [0.2, 0.25) is 5.91 Å². The molecule has 5 heteroatoms. The van der Waals surface area contributed by atoms with Gasteiger partial charge in [-0.1, -0.05) is 42.1 Å². The normalized spacial score (nSPS) is 12.7. The first-order valence-electron chi connectivity index (χ1n) is 7.13. The van der Waals surface area contributed by atoms with Crippen molar-refractivity contribution in [2.45, 2.75) is 24.3 Å². The molecule has 2 N–H and O–H groups in total. The second kappa shape index (κ2) is 6.20. The molecule has 0 fully saturated rings. The number of hydrogen-bond donors (Lipinski definition) is 1. The summed E-state index contributed by atoms with van der Waals surface area (Å²) in [5, 5.41) is 10.2. The van der Waals surface area contributed by atoms with Crippen LogP contribution in [0.5, 0.6) is 0 Å². The van der Waals surface area contributed by atoms with E-state index in [4.69, 9.17) is 5.73 Å². The average Bonchev–Trinajstić information content (AvgIpc) is 3.00. The van der Waals surface area contributed by atoms with Crippen molar-refractivity contribution in [3.05, 3.63) is 47.2 Å². The molecule has 110 valence electrons. The van der Waals surface area contributed by atoms with E-state index in [0.717, 1.165) is 36.1 Å². The molecule has 0 bridgehead atoms.